The monoisotopic (exact) mass is 587 g/mol. The second-order valence-corrected chi connectivity index (χ2v) is 13.4. The number of amides is 1. The van der Waals surface area contributed by atoms with E-state index in [1.165, 1.54) is 37.5 Å². The fraction of sp³-hybridized carbons (Fsp3) is 0.481. The number of ether oxygens (including phenoxy) is 1. The summed E-state index contributed by atoms with van der Waals surface area (Å²) in [4.78, 5) is 35.1. The first-order valence-electron chi connectivity index (χ1n) is 13.3. The summed E-state index contributed by atoms with van der Waals surface area (Å²) in [7, 11) is -2.54. The summed E-state index contributed by atoms with van der Waals surface area (Å²) in [5, 5.41) is 16.1. The van der Waals surface area contributed by atoms with E-state index < -0.39 is 27.4 Å². The molecule has 2 aliphatic rings. The van der Waals surface area contributed by atoms with Crippen LogP contribution in [0.2, 0.25) is 0 Å². The molecule has 11 nitrogen and oxygen atoms in total. The third-order valence-corrected chi connectivity index (χ3v) is 10.8. The Morgan fingerprint density at radius 1 is 1.20 bits per heavy atom. The number of aliphatic carboxylic acids is 1. The van der Waals surface area contributed by atoms with Crippen LogP contribution in [0.25, 0.3) is 10.3 Å². The van der Waals surface area contributed by atoms with Crippen molar-refractivity contribution in [3.63, 3.8) is 0 Å². The SMILES string of the molecule is COc1ccc2nc(NC(=O)[C@H](CC3CCCC3)c3ccc(S(=O)(=O)N4CCNCC4(C)C(=O)O)cc3)sc2n1. The molecule has 40 heavy (non-hydrogen) atoms. The summed E-state index contributed by atoms with van der Waals surface area (Å²) in [5.74, 6) is -1.06. The maximum Gasteiger partial charge on any atom is 0.326 e. The van der Waals surface area contributed by atoms with Gasteiger partial charge in [-0.05, 0) is 43.0 Å². The van der Waals surface area contributed by atoms with E-state index in [0.29, 0.717) is 45.8 Å². The highest BCUT2D eigenvalue weighted by Crippen LogP contribution is 2.36. The molecule has 1 saturated carbocycles. The Balaban J connectivity index is 1.40. The van der Waals surface area contributed by atoms with Gasteiger partial charge < -0.3 is 20.5 Å². The van der Waals surface area contributed by atoms with Gasteiger partial charge in [-0.15, -0.1) is 0 Å². The molecule has 214 valence electrons. The molecule has 2 fully saturated rings. The largest absolute Gasteiger partial charge is 0.481 e. The van der Waals surface area contributed by atoms with Crippen LogP contribution in [0.1, 0.15) is 50.5 Å². The molecule has 1 amide bonds. The number of pyridine rings is 1. The van der Waals surface area contributed by atoms with Crippen LogP contribution in [-0.2, 0) is 19.6 Å². The van der Waals surface area contributed by atoms with E-state index in [0.717, 1.165) is 30.0 Å². The summed E-state index contributed by atoms with van der Waals surface area (Å²) in [6.45, 7) is 1.82. The molecule has 3 heterocycles. The Bertz CT molecular complexity index is 1500. The maximum atomic E-state index is 13.6. The number of nitrogens with zero attached hydrogens (tertiary/aromatic N) is 3. The zero-order valence-corrected chi connectivity index (χ0v) is 24.1. The first-order valence-corrected chi connectivity index (χ1v) is 15.6. The van der Waals surface area contributed by atoms with Crippen molar-refractivity contribution in [2.45, 2.75) is 55.4 Å². The molecular weight excluding hydrogens is 554 g/mol. The summed E-state index contributed by atoms with van der Waals surface area (Å²) in [6, 6.07) is 9.77. The fourth-order valence-corrected chi connectivity index (χ4v) is 8.12. The number of nitrogens with one attached hydrogen (secondary N) is 2. The topological polar surface area (TPSA) is 151 Å². The highest BCUT2D eigenvalue weighted by molar-refractivity contribution is 7.89. The zero-order valence-electron chi connectivity index (χ0n) is 22.4. The number of carbonyl (C=O) groups is 2. The minimum Gasteiger partial charge on any atom is -0.481 e. The molecule has 5 rings (SSSR count). The highest BCUT2D eigenvalue weighted by Gasteiger charge is 2.48. The lowest BCUT2D eigenvalue weighted by molar-refractivity contribution is -0.148. The molecule has 1 saturated heterocycles. The van der Waals surface area contributed by atoms with Gasteiger partial charge in [0.1, 0.15) is 15.9 Å². The maximum absolute atomic E-state index is 13.6. The van der Waals surface area contributed by atoms with Crippen molar-refractivity contribution in [2.24, 2.45) is 5.92 Å². The Morgan fingerprint density at radius 2 is 1.93 bits per heavy atom. The highest BCUT2D eigenvalue weighted by atomic mass is 32.2. The number of carboxylic acids is 1. The van der Waals surface area contributed by atoms with Crippen molar-refractivity contribution < 1.29 is 27.9 Å². The number of hydrogen-bond acceptors (Lipinski definition) is 9. The number of sulfonamides is 1. The molecular formula is C27H33N5O6S2. The van der Waals surface area contributed by atoms with Gasteiger partial charge in [-0.1, -0.05) is 49.2 Å². The lowest BCUT2D eigenvalue weighted by Gasteiger charge is -2.40. The zero-order chi connectivity index (χ0) is 28.5. The number of piperazine rings is 1. The second-order valence-electron chi connectivity index (χ2n) is 10.5. The van der Waals surface area contributed by atoms with Gasteiger partial charge in [0, 0.05) is 25.7 Å². The van der Waals surface area contributed by atoms with E-state index in [1.807, 2.05) is 0 Å². The molecule has 3 aromatic rings. The van der Waals surface area contributed by atoms with Gasteiger partial charge in [0.15, 0.2) is 5.13 Å². The third kappa shape index (κ3) is 5.55. The van der Waals surface area contributed by atoms with Gasteiger partial charge in [-0.25, -0.2) is 18.4 Å². The smallest absolute Gasteiger partial charge is 0.326 e. The number of carboxylic acid groups (broad SMARTS) is 1. The van der Waals surface area contributed by atoms with Crippen LogP contribution in [0.5, 0.6) is 5.88 Å². The first kappa shape index (κ1) is 28.4. The molecule has 0 bridgehead atoms. The van der Waals surface area contributed by atoms with Crippen LogP contribution >= 0.6 is 11.3 Å². The van der Waals surface area contributed by atoms with Gasteiger partial charge in [-0.2, -0.15) is 4.31 Å². The molecule has 0 spiro atoms. The quantitative estimate of drug-likeness (QED) is 0.342. The molecule has 3 N–H and O–H groups in total. The van der Waals surface area contributed by atoms with Crippen LogP contribution in [0.15, 0.2) is 41.3 Å². The molecule has 0 radical (unpaired) electrons. The predicted octanol–water partition coefficient (Wildman–Crippen LogP) is 3.44. The van der Waals surface area contributed by atoms with E-state index in [2.05, 4.69) is 20.6 Å². The number of hydrogen-bond donors (Lipinski definition) is 3. The first-order chi connectivity index (χ1) is 19.1. The van der Waals surface area contributed by atoms with Crippen molar-refractivity contribution in [2.75, 3.05) is 32.1 Å². The van der Waals surface area contributed by atoms with Crippen molar-refractivity contribution in [3.8, 4) is 5.88 Å². The Morgan fingerprint density at radius 3 is 2.60 bits per heavy atom. The van der Waals surface area contributed by atoms with Gasteiger partial charge in [0.2, 0.25) is 21.8 Å². The number of methoxy groups -OCH3 is 1. The molecule has 13 heteroatoms. The standard InChI is InChI=1S/C27H33N5O6S2/c1-27(25(34)35)16-28-13-14-32(27)40(36,37)19-9-7-18(8-10-19)20(15-17-5-3-4-6-17)23(33)31-26-29-21-11-12-22(38-2)30-24(21)39-26/h7-12,17,20,28H,3-6,13-16H2,1-2H3,(H,34,35)(H,29,31,33)/t20-,27?/m1/s1. The van der Waals surface area contributed by atoms with E-state index in [9.17, 15) is 23.1 Å². The minimum absolute atomic E-state index is 0.00292. The van der Waals surface area contributed by atoms with Crippen LogP contribution in [0, 0.1) is 5.92 Å². The van der Waals surface area contributed by atoms with Gasteiger partial charge in [0.05, 0.1) is 17.9 Å². The van der Waals surface area contributed by atoms with Gasteiger partial charge in [-0.3, -0.25) is 9.59 Å². The van der Waals surface area contributed by atoms with Gasteiger partial charge in [0.25, 0.3) is 0 Å². The van der Waals surface area contributed by atoms with Crippen LogP contribution in [0.3, 0.4) is 0 Å². The summed E-state index contributed by atoms with van der Waals surface area (Å²) < 4.78 is 33.2. The van der Waals surface area contributed by atoms with Crippen molar-refractivity contribution in [1.82, 2.24) is 19.6 Å². The lowest BCUT2D eigenvalue weighted by atomic mass is 9.87. The molecule has 1 unspecified atom stereocenters. The molecule has 1 aliphatic heterocycles. The number of benzene rings is 1. The molecule has 1 aliphatic carbocycles. The van der Waals surface area contributed by atoms with E-state index >= 15 is 0 Å². The van der Waals surface area contributed by atoms with Crippen LogP contribution < -0.4 is 15.4 Å². The average Bonchev–Trinajstić information content (AvgIpc) is 3.60. The lowest BCUT2D eigenvalue weighted by Crippen LogP contribution is -2.65. The van der Waals surface area contributed by atoms with Crippen molar-refractivity contribution >= 4 is 48.7 Å². The van der Waals surface area contributed by atoms with Crippen molar-refractivity contribution in [1.29, 1.82) is 0 Å². The number of thiazole rings is 1. The Hall–Kier alpha value is -3.13. The van der Waals surface area contributed by atoms with Crippen molar-refractivity contribution in [3.05, 3.63) is 42.0 Å². The predicted molar refractivity (Wildman–Crippen MR) is 151 cm³/mol. The number of carbonyl (C=O) groups excluding carboxylic acids is 1. The Labute approximate surface area is 237 Å². The van der Waals surface area contributed by atoms with E-state index in [4.69, 9.17) is 4.74 Å². The van der Waals surface area contributed by atoms with E-state index in [1.54, 1.807) is 24.3 Å². The summed E-state index contributed by atoms with van der Waals surface area (Å²) in [5.41, 5.74) is -0.244. The summed E-state index contributed by atoms with van der Waals surface area (Å²) >= 11 is 1.26. The number of anilines is 1. The molecule has 1 aromatic carbocycles. The van der Waals surface area contributed by atoms with E-state index in [-0.39, 0.29) is 23.9 Å². The Kier molecular flexibility index (Phi) is 8.09. The number of aromatic nitrogens is 2. The third-order valence-electron chi connectivity index (χ3n) is 7.87. The molecule has 2 aromatic heterocycles. The second kappa shape index (κ2) is 11.4. The van der Waals surface area contributed by atoms with Gasteiger partial charge >= 0.3 is 5.97 Å². The summed E-state index contributed by atoms with van der Waals surface area (Å²) in [6.07, 6.45) is 5.02. The molecule has 2 atom stereocenters. The fourth-order valence-electron chi connectivity index (χ4n) is 5.55. The minimum atomic E-state index is -4.08. The van der Waals surface area contributed by atoms with Crippen LogP contribution in [0.4, 0.5) is 5.13 Å². The van der Waals surface area contributed by atoms with Crippen LogP contribution in [-0.4, -0.2) is 72.0 Å². The number of rotatable bonds is 9. The average molecular weight is 588 g/mol. The number of fused-ring (bicyclic) bond motifs is 1. The normalized spacial score (nSPS) is 21.4.